The number of aldehydes is 1. The summed E-state index contributed by atoms with van der Waals surface area (Å²) in [5, 5.41) is 35.3. The van der Waals surface area contributed by atoms with Crippen molar-refractivity contribution in [3.05, 3.63) is 282 Å². The summed E-state index contributed by atoms with van der Waals surface area (Å²) in [6, 6.07) is 62.9. The first-order valence-corrected chi connectivity index (χ1v) is 39.5. The van der Waals surface area contributed by atoms with Crippen LogP contribution in [0.5, 0.6) is 0 Å². The smallest absolute Gasteiger partial charge is 1.00 e. The van der Waals surface area contributed by atoms with Crippen molar-refractivity contribution in [2.24, 2.45) is 0 Å². The van der Waals surface area contributed by atoms with Crippen LogP contribution in [0.4, 0.5) is 8.78 Å². The van der Waals surface area contributed by atoms with Crippen LogP contribution in [0.3, 0.4) is 0 Å². The number of carbonyl (C=O) groups is 3. The van der Waals surface area contributed by atoms with Gasteiger partial charge in [-0.05, 0) is 214 Å². The molecule has 0 unspecified atom stereocenters. The molecule has 2 aliphatic carbocycles. The number of thiophene rings is 6. The van der Waals surface area contributed by atoms with Gasteiger partial charge in [0.25, 0.3) is 0 Å². The topological polar surface area (TPSA) is 101 Å². The SMILES string of the molecule is Brc1cccc2sccc12.C1=C(c2cccc3sccc23)CCCC1.CCOC(=O)c1cc2c(Br)cccc2s1.Cl.Fc1cccc(Br)c1.O=C(O)c1cc2c(Br)cccc2s1.O=Cc1c(F)cccc1Br.OC1(c2cccc3sccc23)CCCCC1.[Br-].[Mg+2].[c-]1cccc2sccc12. The number of carboxylic acids is 1. The third kappa shape index (κ3) is 23.8. The predicted octanol–water partition coefficient (Wildman–Crippen LogP) is 24.5. The van der Waals surface area contributed by atoms with Gasteiger partial charge in [0.15, 0.2) is 6.29 Å². The van der Waals surface area contributed by atoms with E-state index in [2.05, 4.69) is 198 Å². The van der Waals surface area contributed by atoms with E-state index in [-0.39, 0.29) is 69.8 Å². The van der Waals surface area contributed by atoms with Crippen molar-refractivity contribution in [2.45, 2.75) is 70.3 Å². The summed E-state index contributed by atoms with van der Waals surface area (Å²) in [6.45, 7) is 2.22. The van der Waals surface area contributed by atoms with Crippen molar-refractivity contribution < 1.29 is 55.1 Å². The second-order valence-electron chi connectivity index (χ2n) is 21.5. The third-order valence-electron chi connectivity index (χ3n) is 15.1. The molecule has 99 heavy (non-hydrogen) atoms. The Morgan fingerprint density at radius 2 is 1.08 bits per heavy atom. The van der Waals surface area contributed by atoms with E-state index < -0.39 is 17.4 Å². The van der Waals surface area contributed by atoms with E-state index in [0.717, 1.165) is 64.8 Å². The molecule has 16 rings (SSSR count). The molecule has 0 spiro atoms. The molecular weight excluding hydrogens is 1790 g/mol. The summed E-state index contributed by atoms with van der Waals surface area (Å²) in [5.41, 5.74) is 3.67. The summed E-state index contributed by atoms with van der Waals surface area (Å²) in [4.78, 5) is 33.4. The van der Waals surface area contributed by atoms with E-state index in [1.54, 1.807) is 70.8 Å². The minimum absolute atomic E-state index is 0. The number of carbonyl (C=O) groups excluding carboxylic acids is 2. The molecule has 0 radical (unpaired) electrons. The molecule has 0 atom stereocenters. The summed E-state index contributed by atoms with van der Waals surface area (Å²) in [7, 11) is 0. The van der Waals surface area contributed by atoms with Crippen molar-refractivity contribution in [2.75, 3.05) is 6.61 Å². The Kier molecular flexibility index (Phi) is 35.8. The fourth-order valence-electron chi connectivity index (χ4n) is 10.5. The first kappa shape index (κ1) is 83.6. The fraction of sp³-hybridized carbons (Fsp3) is 0.156. The molecule has 6 heterocycles. The summed E-state index contributed by atoms with van der Waals surface area (Å²) in [6.07, 6.45) is 13.6. The van der Waals surface area contributed by atoms with Crippen LogP contribution in [0.25, 0.3) is 66.1 Å². The quantitative estimate of drug-likeness (QED) is 0.0744. The number of allylic oxidation sites excluding steroid dienone is 2. The van der Waals surface area contributed by atoms with Crippen molar-refractivity contribution in [3.63, 3.8) is 0 Å². The Balaban J connectivity index is 0.000000179. The van der Waals surface area contributed by atoms with Gasteiger partial charge in [-0.3, -0.25) is 4.79 Å². The van der Waals surface area contributed by atoms with Crippen molar-refractivity contribution in [1.29, 1.82) is 0 Å². The molecule has 8 aromatic carbocycles. The third-order valence-corrected chi connectivity index (χ3v) is 24.1. The van der Waals surface area contributed by atoms with E-state index in [4.69, 9.17) is 9.84 Å². The van der Waals surface area contributed by atoms with E-state index in [0.29, 0.717) is 27.1 Å². The average Bonchev–Trinajstić information content (AvgIpc) is 1.78. The van der Waals surface area contributed by atoms with Gasteiger partial charge in [0.05, 0.1) is 17.8 Å². The molecular formula is C77H63Br6ClF2MgO6S6. The number of fused-ring (bicyclic) bond motifs is 6. The molecule has 2 N–H and O–H groups in total. The summed E-state index contributed by atoms with van der Waals surface area (Å²) < 4.78 is 41.5. The fourth-order valence-corrected chi connectivity index (χ4v) is 18.3. The van der Waals surface area contributed by atoms with E-state index in [1.165, 1.54) is 129 Å². The molecule has 6 nitrogen and oxygen atoms in total. The standard InChI is InChI=1S/C14H16OS.C14H14S.C11H9BrO2S.C9H5BrO2S.C8H5BrS.C8H5S.C7H4BrFO.C6H4BrF.BrH.ClH.Mg/c15-14(8-2-1-3-9-14)12-5-4-6-13-11(12)7-10-16-13;1-2-5-11(6-3-1)12-7-4-8-14-13(12)9-10-15-14;1-2-14-11(13)10-6-7-8(12)4-3-5-9(7)15-10;10-6-2-1-3-7-5(6)4-8(13-7)9(11)12;9-7-2-1-3-8-6(7)4-5-10-8;1-2-4-8-7(3-1)5-6-9-8;8-6-2-1-3-7(9)5(6)4-10;7-5-2-1-3-6(8)4-5;;;/h4-7,10,15H,1-3,8-9H2;4-5,7-10H,1-3,6H2;3-6H,2H2,1H3;1-4H,(H,11,12);1-5H;1-2,4-6H;1-4H;1-4H;2*1H;/q;;;;;-1;;;;;+2/p-1. The molecule has 22 heteroatoms. The number of rotatable bonds is 6. The van der Waals surface area contributed by atoms with Gasteiger partial charge >= 0.3 is 35.0 Å². The van der Waals surface area contributed by atoms with Gasteiger partial charge in [-0.2, -0.15) is 0 Å². The Hall–Kier alpha value is -4.37. The number of aliphatic hydroxyl groups is 1. The Morgan fingerprint density at radius 1 is 0.566 bits per heavy atom. The number of hydrogen-bond donors (Lipinski definition) is 2. The van der Waals surface area contributed by atoms with Gasteiger partial charge in [-0.15, -0.1) is 105 Å². The van der Waals surface area contributed by atoms with Crippen LogP contribution >= 0.6 is 160 Å². The van der Waals surface area contributed by atoms with Crippen LogP contribution in [-0.4, -0.2) is 58.1 Å². The molecule has 0 aliphatic heterocycles. The van der Waals surface area contributed by atoms with Gasteiger partial charge in [0.1, 0.15) is 21.4 Å². The molecule has 0 saturated heterocycles. The van der Waals surface area contributed by atoms with Crippen molar-refractivity contribution in [3.8, 4) is 0 Å². The minimum Gasteiger partial charge on any atom is -1.00 e. The Morgan fingerprint density at radius 3 is 1.63 bits per heavy atom. The number of hydrogen-bond acceptors (Lipinski definition) is 11. The van der Waals surface area contributed by atoms with Gasteiger partial charge in [-0.1, -0.05) is 154 Å². The van der Waals surface area contributed by atoms with Gasteiger partial charge in [0, 0.05) is 62.0 Å². The maximum absolute atomic E-state index is 12.6. The van der Waals surface area contributed by atoms with Crippen molar-refractivity contribution >= 4 is 267 Å². The molecule has 0 bridgehead atoms. The van der Waals surface area contributed by atoms with E-state index in [1.807, 2.05) is 65.9 Å². The maximum atomic E-state index is 12.6. The van der Waals surface area contributed by atoms with Crippen molar-refractivity contribution in [1.82, 2.24) is 0 Å². The minimum atomic E-state index is -0.867. The second-order valence-corrected chi connectivity index (χ2v) is 31.8. The van der Waals surface area contributed by atoms with Crippen LogP contribution in [0, 0.1) is 17.7 Å². The van der Waals surface area contributed by atoms with Crippen LogP contribution in [0.2, 0.25) is 0 Å². The largest absolute Gasteiger partial charge is 2.00 e. The number of halogens is 9. The van der Waals surface area contributed by atoms with E-state index in [9.17, 15) is 28.3 Å². The number of esters is 1. The number of carboxylic acid groups (broad SMARTS) is 1. The number of aromatic carboxylic acids is 1. The second kappa shape index (κ2) is 42.4. The van der Waals surface area contributed by atoms with Gasteiger partial charge in [0.2, 0.25) is 0 Å². The molecule has 14 aromatic rings. The Labute approximate surface area is 673 Å². The monoisotopic (exact) mass is 1850 g/mol. The van der Waals surface area contributed by atoms with Gasteiger partial charge < -0.3 is 31.9 Å². The van der Waals surface area contributed by atoms with Crippen LogP contribution in [0.1, 0.15) is 106 Å². The van der Waals surface area contributed by atoms with Gasteiger partial charge in [-0.25, -0.2) is 29.7 Å². The molecule has 508 valence electrons. The Bertz CT molecular complexity index is 4860. The van der Waals surface area contributed by atoms with E-state index >= 15 is 0 Å². The zero-order chi connectivity index (χ0) is 68.0. The number of benzene rings is 8. The predicted molar refractivity (Wildman–Crippen MR) is 436 cm³/mol. The van der Waals surface area contributed by atoms with Crippen LogP contribution < -0.4 is 17.0 Å². The molecule has 1 fully saturated rings. The van der Waals surface area contributed by atoms with Crippen LogP contribution in [0.15, 0.2) is 238 Å². The average molecular weight is 1850 g/mol. The number of ether oxygens (including phenoxy) is 1. The molecule has 0 amide bonds. The molecule has 6 aromatic heterocycles. The first-order chi connectivity index (χ1) is 46.5. The zero-order valence-corrected chi connectivity index (χ0v) is 69.7. The first-order valence-electron chi connectivity index (χ1n) is 30.4. The summed E-state index contributed by atoms with van der Waals surface area (Å²) >= 11 is 26.3. The summed E-state index contributed by atoms with van der Waals surface area (Å²) in [5.74, 6) is -1.82. The normalized spacial score (nSPS) is 12.4. The molecule has 1 saturated carbocycles. The molecule has 2 aliphatic rings. The maximum Gasteiger partial charge on any atom is 2.00 e. The zero-order valence-electron chi connectivity index (χ0n) is 53.0. The van der Waals surface area contributed by atoms with Crippen LogP contribution in [-0.2, 0) is 10.3 Å².